The number of aliphatic hydroxyl groups is 1. The van der Waals surface area contributed by atoms with Crippen LogP contribution in [0.2, 0.25) is 0 Å². The molecule has 0 unspecified atom stereocenters. The molecule has 1 heterocycles. The summed E-state index contributed by atoms with van der Waals surface area (Å²) in [7, 11) is 0. The lowest BCUT2D eigenvalue weighted by atomic mass is 9.63. The highest BCUT2D eigenvalue weighted by molar-refractivity contribution is 5.29. The predicted octanol–water partition coefficient (Wildman–Crippen LogP) is 3.42. The standard InChI is InChI=1S/C17H28O3/c1-5-13-6-7-15(4)10-16(8-9-17(13,15)18)19-11-14(2,3)12-20-16/h5,18H,6-12H2,1-4H3/b13-5+/t15-,17+/m1/s1. The summed E-state index contributed by atoms with van der Waals surface area (Å²) in [5, 5.41) is 11.2. The van der Waals surface area contributed by atoms with E-state index in [2.05, 4.69) is 26.8 Å². The number of fused-ring (bicyclic) bond motifs is 1. The van der Waals surface area contributed by atoms with Gasteiger partial charge in [-0.15, -0.1) is 0 Å². The van der Waals surface area contributed by atoms with Crippen molar-refractivity contribution in [3.05, 3.63) is 11.6 Å². The van der Waals surface area contributed by atoms with Crippen LogP contribution in [0.3, 0.4) is 0 Å². The molecule has 1 saturated heterocycles. The second kappa shape index (κ2) is 4.31. The summed E-state index contributed by atoms with van der Waals surface area (Å²) in [4.78, 5) is 0. The summed E-state index contributed by atoms with van der Waals surface area (Å²) < 4.78 is 12.3. The maximum absolute atomic E-state index is 11.2. The second-order valence-electron chi connectivity index (χ2n) is 8.06. The van der Waals surface area contributed by atoms with Crippen molar-refractivity contribution in [2.75, 3.05) is 13.2 Å². The fraction of sp³-hybridized carbons (Fsp3) is 0.882. The first-order chi connectivity index (χ1) is 9.24. The van der Waals surface area contributed by atoms with Gasteiger partial charge in [-0.3, -0.25) is 0 Å². The molecule has 2 atom stereocenters. The van der Waals surface area contributed by atoms with E-state index in [0.29, 0.717) is 0 Å². The summed E-state index contributed by atoms with van der Waals surface area (Å²) in [6.45, 7) is 10.1. The van der Waals surface area contributed by atoms with E-state index in [4.69, 9.17) is 9.47 Å². The van der Waals surface area contributed by atoms with Crippen molar-refractivity contribution in [2.45, 2.75) is 71.2 Å². The smallest absolute Gasteiger partial charge is 0.169 e. The first-order valence-electron chi connectivity index (χ1n) is 7.90. The van der Waals surface area contributed by atoms with E-state index < -0.39 is 11.4 Å². The summed E-state index contributed by atoms with van der Waals surface area (Å²) in [5.74, 6) is -0.459. The number of ether oxygens (including phenoxy) is 2. The zero-order valence-corrected chi connectivity index (χ0v) is 13.3. The minimum Gasteiger partial charge on any atom is -0.385 e. The molecule has 0 aromatic carbocycles. The van der Waals surface area contributed by atoms with Crippen molar-refractivity contribution in [3.63, 3.8) is 0 Å². The molecular formula is C17H28O3. The van der Waals surface area contributed by atoms with Crippen LogP contribution in [0.25, 0.3) is 0 Å². The number of allylic oxidation sites excluding steroid dienone is 1. The summed E-state index contributed by atoms with van der Waals surface area (Å²) >= 11 is 0. The minimum absolute atomic E-state index is 0.101. The largest absolute Gasteiger partial charge is 0.385 e. The van der Waals surface area contributed by atoms with Crippen LogP contribution in [-0.4, -0.2) is 29.7 Å². The SMILES string of the molecule is C/C=C1\CC[C@]2(C)CC3(CC[C@]12O)OCC(C)(C)CO3. The Morgan fingerprint density at radius 3 is 2.30 bits per heavy atom. The van der Waals surface area contributed by atoms with Gasteiger partial charge < -0.3 is 14.6 Å². The van der Waals surface area contributed by atoms with Crippen molar-refractivity contribution < 1.29 is 14.6 Å². The topological polar surface area (TPSA) is 38.7 Å². The third-order valence-electron chi connectivity index (χ3n) is 5.80. The molecule has 0 radical (unpaired) electrons. The Morgan fingerprint density at radius 1 is 1.05 bits per heavy atom. The highest BCUT2D eigenvalue weighted by Gasteiger charge is 2.61. The van der Waals surface area contributed by atoms with Gasteiger partial charge in [0.2, 0.25) is 0 Å². The first kappa shape index (κ1) is 14.6. The van der Waals surface area contributed by atoms with Crippen LogP contribution in [0.15, 0.2) is 11.6 Å². The summed E-state index contributed by atoms with van der Waals surface area (Å²) in [6.07, 6.45) is 6.50. The average Bonchev–Trinajstić information content (AvgIpc) is 2.65. The first-order valence-corrected chi connectivity index (χ1v) is 7.90. The van der Waals surface area contributed by atoms with E-state index in [0.717, 1.165) is 45.3 Å². The van der Waals surface area contributed by atoms with E-state index in [1.807, 2.05) is 6.92 Å². The second-order valence-corrected chi connectivity index (χ2v) is 8.06. The van der Waals surface area contributed by atoms with Gasteiger partial charge in [-0.1, -0.05) is 26.8 Å². The molecule has 1 aliphatic heterocycles. The third kappa shape index (κ3) is 1.98. The van der Waals surface area contributed by atoms with Crippen LogP contribution in [-0.2, 0) is 9.47 Å². The number of hydrogen-bond donors (Lipinski definition) is 1. The van der Waals surface area contributed by atoms with Crippen molar-refractivity contribution in [2.24, 2.45) is 10.8 Å². The summed E-state index contributed by atoms with van der Waals surface area (Å²) in [6, 6.07) is 0. The highest BCUT2D eigenvalue weighted by Crippen LogP contribution is 2.61. The molecule has 3 nitrogen and oxygen atoms in total. The zero-order valence-electron chi connectivity index (χ0n) is 13.3. The van der Waals surface area contributed by atoms with Gasteiger partial charge in [0.25, 0.3) is 0 Å². The molecule has 3 rings (SSSR count). The molecule has 0 aromatic heterocycles. The molecule has 20 heavy (non-hydrogen) atoms. The van der Waals surface area contributed by atoms with Crippen molar-refractivity contribution in [1.82, 2.24) is 0 Å². The van der Waals surface area contributed by atoms with Crippen molar-refractivity contribution in [1.29, 1.82) is 0 Å². The Balaban J connectivity index is 1.83. The van der Waals surface area contributed by atoms with Gasteiger partial charge in [0.1, 0.15) is 0 Å². The normalized spacial score (nSPS) is 44.8. The molecule has 2 aliphatic carbocycles. The van der Waals surface area contributed by atoms with Gasteiger partial charge in [-0.25, -0.2) is 0 Å². The van der Waals surface area contributed by atoms with Gasteiger partial charge in [0.05, 0.1) is 18.8 Å². The predicted molar refractivity (Wildman–Crippen MR) is 78.3 cm³/mol. The molecular weight excluding hydrogens is 252 g/mol. The minimum atomic E-state index is -0.646. The van der Waals surface area contributed by atoms with Gasteiger partial charge in [0.15, 0.2) is 5.79 Å². The van der Waals surface area contributed by atoms with Crippen molar-refractivity contribution in [3.8, 4) is 0 Å². The highest BCUT2D eigenvalue weighted by atomic mass is 16.7. The zero-order chi connectivity index (χ0) is 14.6. The monoisotopic (exact) mass is 280 g/mol. The Labute approximate surface area is 122 Å². The quantitative estimate of drug-likeness (QED) is 0.691. The van der Waals surface area contributed by atoms with E-state index in [9.17, 15) is 5.11 Å². The van der Waals surface area contributed by atoms with E-state index in [-0.39, 0.29) is 10.8 Å². The fourth-order valence-corrected chi connectivity index (χ4v) is 4.33. The van der Waals surface area contributed by atoms with Crippen LogP contribution >= 0.6 is 0 Å². The molecule has 0 bridgehead atoms. The maximum Gasteiger partial charge on any atom is 0.169 e. The molecule has 114 valence electrons. The fourth-order valence-electron chi connectivity index (χ4n) is 4.33. The Bertz CT molecular complexity index is 430. The van der Waals surface area contributed by atoms with Crippen LogP contribution in [0.1, 0.15) is 59.8 Å². The van der Waals surface area contributed by atoms with E-state index in [1.54, 1.807) is 0 Å². The Hall–Kier alpha value is -0.380. The average molecular weight is 280 g/mol. The molecule has 3 aliphatic rings. The lowest BCUT2D eigenvalue weighted by molar-refractivity contribution is -0.334. The van der Waals surface area contributed by atoms with Crippen LogP contribution in [0.5, 0.6) is 0 Å². The Kier molecular flexibility index (Phi) is 3.14. The van der Waals surface area contributed by atoms with Gasteiger partial charge in [-0.2, -0.15) is 0 Å². The number of rotatable bonds is 0. The van der Waals surface area contributed by atoms with Crippen molar-refractivity contribution >= 4 is 0 Å². The molecule has 3 heteroatoms. The van der Waals surface area contributed by atoms with E-state index in [1.165, 1.54) is 5.57 Å². The molecule has 1 N–H and O–H groups in total. The lowest BCUT2D eigenvalue weighted by Crippen LogP contribution is -2.58. The molecule has 2 saturated carbocycles. The lowest BCUT2D eigenvalue weighted by Gasteiger charge is -2.54. The number of hydrogen-bond acceptors (Lipinski definition) is 3. The molecule has 1 spiro atoms. The molecule has 0 amide bonds. The van der Waals surface area contributed by atoms with Crippen LogP contribution in [0, 0.1) is 10.8 Å². The Morgan fingerprint density at radius 2 is 1.70 bits per heavy atom. The van der Waals surface area contributed by atoms with Crippen LogP contribution < -0.4 is 0 Å². The van der Waals surface area contributed by atoms with Crippen LogP contribution in [0.4, 0.5) is 0 Å². The molecule has 3 fully saturated rings. The third-order valence-corrected chi connectivity index (χ3v) is 5.80. The molecule has 0 aromatic rings. The van der Waals surface area contributed by atoms with Gasteiger partial charge in [0, 0.05) is 23.7 Å². The maximum atomic E-state index is 11.2. The van der Waals surface area contributed by atoms with Gasteiger partial charge >= 0.3 is 0 Å². The van der Waals surface area contributed by atoms with Gasteiger partial charge in [-0.05, 0) is 31.8 Å². The van der Waals surface area contributed by atoms with E-state index >= 15 is 0 Å². The summed E-state index contributed by atoms with van der Waals surface area (Å²) in [5.41, 5.74) is 0.552.